The number of para-hydroxylation sites is 1. The number of nitrogens with zero attached hydrogens (tertiary/aromatic N) is 1. The summed E-state index contributed by atoms with van der Waals surface area (Å²) in [7, 11) is 0. The summed E-state index contributed by atoms with van der Waals surface area (Å²) >= 11 is 0. The van der Waals surface area contributed by atoms with Crippen LogP contribution in [0.3, 0.4) is 0 Å². The summed E-state index contributed by atoms with van der Waals surface area (Å²) in [6.07, 6.45) is -4.41. The van der Waals surface area contributed by atoms with Crippen LogP contribution in [0.15, 0.2) is 54.6 Å². The Morgan fingerprint density at radius 3 is 2.50 bits per heavy atom. The van der Waals surface area contributed by atoms with Crippen molar-refractivity contribution in [1.82, 2.24) is 4.98 Å². The van der Waals surface area contributed by atoms with Crippen molar-refractivity contribution in [1.29, 1.82) is 0 Å². The van der Waals surface area contributed by atoms with Crippen molar-refractivity contribution in [3.63, 3.8) is 0 Å². The van der Waals surface area contributed by atoms with Gasteiger partial charge in [0.05, 0.1) is 5.56 Å². The maximum absolute atomic E-state index is 12.5. The number of carbonyl (C=O) groups is 1. The van der Waals surface area contributed by atoms with E-state index in [0.717, 1.165) is 23.2 Å². The Hall–Kier alpha value is -3.09. The first kappa shape index (κ1) is 17.7. The van der Waals surface area contributed by atoms with Crippen LogP contribution in [0.4, 0.5) is 18.9 Å². The van der Waals surface area contributed by atoms with Crippen LogP contribution >= 0.6 is 0 Å². The van der Waals surface area contributed by atoms with Gasteiger partial charge in [0, 0.05) is 16.8 Å². The standard InChI is InChI=1S/C19H15F3N2O2/c1-12-5-6-13-3-2-4-16(18(13)23-12)26-11-17(25)24-15-9-7-14(8-10-15)19(20,21)22/h2-10H,11H2,1H3,(H,24,25). The predicted octanol–water partition coefficient (Wildman–Crippen LogP) is 4.58. The Morgan fingerprint density at radius 1 is 1.08 bits per heavy atom. The molecule has 0 aliphatic rings. The second kappa shape index (κ2) is 7.03. The first-order valence-electron chi connectivity index (χ1n) is 7.79. The van der Waals surface area contributed by atoms with Gasteiger partial charge in [-0.05, 0) is 43.3 Å². The Bertz CT molecular complexity index is 938. The summed E-state index contributed by atoms with van der Waals surface area (Å²) in [5, 5.41) is 3.38. The van der Waals surface area contributed by atoms with Crippen molar-refractivity contribution >= 4 is 22.5 Å². The van der Waals surface area contributed by atoms with Gasteiger partial charge in [0.25, 0.3) is 5.91 Å². The minimum atomic E-state index is -4.41. The van der Waals surface area contributed by atoms with Gasteiger partial charge < -0.3 is 10.1 Å². The molecule has 7 heteroatoms. The number of aryl methyl sites for hydroxylation is 1. The fourth-order valence-corrected chi connectivity index (χ4v) is 2.42. The lowest BCUT2D eigenvalue weighted by Gasteiger charge is -2.11. The van der Waals surface area contributed by atoms with Gasteiger partial charge >= 0.3 is 6.18 Å². The molecule has 2 aromatic carbocycles. The van der Waals surface area contributed by atoms with Crippen LogP contribution in [0.5, 0.6) is 5.75 Å². The number of benzene rings is 2. The molecule has 134 valence electrons. The van der Waals surface area contributed by atoms with Crippen molar-refractivity contribution < 1.29 is 22.7 Å². The molecule has 0 bridgehead atoms. The number of ether oxygens (including phenoxy) is 1. The van der Waals surface area contributed by atoms with Gasteiger partial charge in [-0.25, -0.2) is 4.98 Å². The Kier molecular flexibility index (Phi) is 4.79. The minimum absolute atomic E-state index is 0.262. The monoisotopic (exact) mass is 360 g/mol. The summed E-state index contributed by atoms with van der Waals surface area (Å²) < 4.78 is 43.1. The van der Waals surface area contributed by atoms with Crippen LogP contribution in [0.25, 0.3) is 10.9 Å². The van der Waals surface area contributed by atoms with Crippen LogP contribution in [0.1, 0.15) is 11.3 Å². The minimum Gasteiger partial charge on any atom is -0.481 e. The number of amides is 1. The van der Waals surface area contributed by atoms with Crippen LogP contribution in [-0.4, -0.2) is 17.5 Å². The Balaban J connectivity index is 1.65. The molecule has 4 nitrogen and oxygen atoms in total. The molecule has 1 N–H and O–H groups in total. The van der Waals surface area contributed by atoms with E-state index in [2.05, 4.69) is 10.3 Å². The average molecular weight is 360 g/mol. The molecule has 0 unspecified atom stereocenters. The SMILES string of the molecule is Cc1ccc2cccc(OCC(=O)Nc3ccc(C(F)(F)F)cc3)c2n1. The Morgan fingerprint density at radius 2 is 1.81 bits per heavy atom. The van der Waals surface area contributed by atoms with E-state index in [9.17, 15) is 18.0 Å². The molecule has 1 heterocycles. The highest BCUT2D eigenvalue weighted by Crippen LogP contribution is 2.30. The van der Waals surface area contributed by atoms with Crippen molar-refractivity contribution in [3.05, 3.63) is 65.9 Å². The smallest absolute Gasteiger partial charge is 0.416 e. The number of hydrogen-bond donors (Lipinski definition) is 1. The van der Waals surface area contributed by atoms with E-state index in [1.54, 1.807) is 12.1 Å². The van der Waals surface area contributed by atoms with Gasteiger partial charge in [0.2, 0.25) is 0 Å². The van der Waals surface area contributed by atoms with Gasteiger partial charge in [0.15, 0.2) is 6.61 Å². The van der Waals surface area contributed by atoms with Crippen molar-refractivity contribution in [3.8, 4) is 5.75 Å². The number of anilines is 1. The Labute approximate surface area is 147 Å². The fraction of sp³-hybridized carbons (Fsp3) is 0.158. The summed E-state index contributed by atoms with van der Waals surface area (Å²) in [5.41, 5.74) is 0.958. The maximum atomic E-state index is 12.5. The number of alkyl halides is 3. The van der Waals surface area contributed by atoms with Gasteiger partial charge in [0.1, 0.15) is 11.3 Å². The van der Waals surface area contributed by atoms with E-state index in [1.807, 2.05) is 25.1 Å². The number of halogens is 3. The molecule has 0 spiro atoms. The first-order chi connectivity index (χ1) is 12.3. The number of aromatic nitrogens is 1. The van der Waals surface area contributed by atoms with Gasteiger partial charge in [-0.2, -0.15) is 13.2 Å². The second-order valence-electron chi connectivity index (χ2n) is 5.69. The molecular formula is C19H15F3N2O2. The lowest BCUT2D eigenvalue weighted by molar-refractivity contribution is -0.137. The molecule has 3 aromatic rings. The predicted molar refractivity (Wildman–Crippen MR) is 92.0 cm³/mol. The molecule has 3 rings (SSSR count). The molecule has 1 amide bonds. The summed E-state index contributed by atoms with van der Waals surface area (Å²) in [6, 6.07) is 13.4. The van der Waals surface area contributed by atoms with Crippen LogP contribution in [-0.2, 0) is 11.0 Å². The second-order valence-corrected chi connectivity index (χ2v) is 5.69. The number of fused-ring (bicyclic) bond motifs is 1. The van der Waals surface area contributed by atoms with E-state index < -0.39 is 17.6 Å². The number of nitrogens with one attached hydrogen (secondary N) is 1. The molecular weight excluding hydrogens is 345 g/mol. The van der Waals surface area contributed by atoms with E-state index in [1.165, 1.54) is 12.1 Å². The normalized spacial score (nSPS) is 11.4. The summed E-state index contributed by atoms with van der Waals surface area (Å²) in [4.78, 5) is 16.4. The molecule has 0 radical (unpaired) electrons. The third kappa shape index (κ3) is 4.11. The molecule has 0 atom stereocenters. The van der Waals surface area contributed by atoms with Crippen LogP contribution < -0.4 is 10.1 Å². The van der Waals surface area contributed by atoms with Crippen molar-refractivity contribution in [2.24, 2.45) is 0 Å². The molecule has 0 fully saturated rings. The number of pyridine rings is 1. The van der Waals surface area contributed by atoms with E-state index >= 15 is 0 Å². The highest BCUT2D eigenvalue weighted by molar-refractivity contribution is 5.92. The third-order valence-electron chi connectivity index (χ3n) is 3.68. The zero-order valence-electron chi connectivity index (χ0n) is 13.8. The van der Waals surface area contributed by atoms with E-state index in [0.29, 0.717) is 11.3 Å². The molecule has 0 aliphatic heterocycles. The quantitative estimate of drug-likeness (QED) is 0.741. The van der Waals surface area contributed by atoms with E-state index in [-0.39, 0.29) is 12.3 Å². The van der Waals surface area contributed by atoms with Crippen molar-refractivity contribution in [2.75, 3.05) is 11.9 Å². The van der Waals surface area contributed by atoms with E-state index in [4.69, 9.17) is 4.74 Å². The molecule has 0 saturated carbocycles. The highest BCUT2D eigenvalue weighted by Gasteiger charge is 2.29. The number of carbonyl (C=O) groups excluding carboxylic acids is 1. The summed E-state index contributed by atoms with van der Waals surface area (Å²) in [6.45, 7) is 1.57. The maximum Gasteiger partial charge on any atom is 0.416 e. The van der Waals surface area contributed by atoms with Crippen molar-refractivity contribution in [2.45, 2.75) is 13.1 Å². The molecule has 0 aliphatic carbocycles. The molecule has 1 aromatic heterocycles. The molecule has 26 heavy (non-hydrogen) atoms. The summed E-state index contributed by atoms with van der Waals surface area (Å²) in [5.74, 6) is -0.0109. The number of hydrogen-bond acceptors (Lipinski definition) is 3. The topological polar surface area (TPSA) is 51.2 Å². The van der Waals surface area contributed by atoms with Gasteiger partial charge in [-0.1, -0.05) is 18.2 Å². The molecule has 0 saturated heterocycles. The van der Waals surface area contributed by atoms with Gasteiger partial charge in [-0.3, -0.25) is 4.79 Å². The van der Waals surface area contributed by atoms with Crippen LogP contribution in [0, 0.1) is 6.92 Å². The number of rotatable bonds is 4. The zero-order valence-corrected chi connectivity index (χ0v) is 13.8. The zero-order chi connectivity index (χ0) is 18.7. The largest absolute Gasteiger partial charge is 0.481 e. The highest BCUT2D eigenvalue weighted by atomic mass is 19.4. The lowest BCUT2D eigenvalue weighted by atomic mass is 10.2. The average Bonchev–Trinajstić information content (AvgIpc) is 2.59. The van der Waals surface area contributed by atoms with Gasteiger partial charge in [-0.15, -0.1) is 0 Å². The fourth-order valence-electron chi connectivity index (χ4n) is 2.42. The first-order valence-corrected chi connectivity index (χ1v) is 7.79. The third-order valence-corrected chi connectivity index (χ3v) is 3.68. The van der Waals surface area contributed by atoms with Crippen LogP contribution in [0.2, 0.25) is 0 Å². The lowest BCUT2D eigenvalue weighted by Crippen LogP contribution is -2.20.